The molecular weight excluding hydrogens is 422 g/mol. The Morgan fingerprint density at radius 3 is 2.24 bits per heavy atom. The van der Waals surface area contributed by atoms with Gasteiger partial charge in [0.05, 0.1) is 11.3 Å². The molecule has 0 aliphatic carbocycles. The molecule has 0 atom stereocenters. The van der Waals surface area contributed by atoms with E-state index in [1.807, 2.05) is 42.5 Å². The lowest BCUT2D eigenvalue weighted by Crippen LogP contribution is -2.54. The van der Waals surface area contributed by atoms with Gasteiger partial charge in [0.25, 0.3) is 5.91 Å². The fourth-order valence-electron chi connectivity index (χ4n) is 3.53. The molecule has 8 nitrogen and oxygen atoms in total. The Bertz CT molecular complexity index is 1210. The van der Waals surface area contributed by atoms with E-state index in [2.05, 4.69) is 10.6 Å². The molecule has 4 rings (SSSR count). The zero-order valence-electron chi connectivity index (χ0n) is 18.2. The summed E-state index contributed by atoms with van der Waals surface area (Å²) in [6.45, 7) is 2.92. The summed E-state index contributed by atoms with van der Waals surface area (Å²) in [7, 11) is 0. The number of para-hydroxylation sites is 1. The van der Waals surface area contributed by atoms with Gasteiger partial charge in [0.1, 0.15) is 12.3 Å². The van der Waals surface area contributed by atoms with Gasteiger partial charge < -0.3 is 20.5 Å². The number of ether oxygens (including phenoxy) is 1. The molecule has 1 aliphatic heterocycles. The Hall–Kier alpha value is -4.33. The zero-order valence-corrected chi connectivity index (χ0v) is 18.2. The molecule has 0 aromatic heterocycles. The van der Waals surface area contributed by atoms with Crippen molar-refractivity contribution in [1.29, 1.82) is 0 Å². The molecule has 8 heteroatoms. The van der Waals surface area contributed by atoms with E-state index in [4.69, 9.17) is 4.74 Å². The second-order valence-corrected chi connectivity index (χ2v) is 8.11. The molecule has 3 aromatic rings. The first-order valence-corrected chi connectivity index (χ1v) is 10.3. The molecule has 1 heterocycles. The Morgan fingerprint density at radius 1 is 0.939 bits per heavy atom. The molecule has 0 spiro atoms. The van der Waals surface area contributed by atoms with Crippen LogP contribution in [0.2, 0.25) is 0 Å². The highest BCUT2D eigenvalue weighted by molar-refractivity contribution is 6.08. The van der Waals surface area contributed by atoms with Gasteiger partial charge in [-0.1, -0.05) is 18.2 Å². The van der Waals surface area contributed by atoms with Gasteiger partial charge in [-0.05, 0) is 68.4 Å². The summed E-state index contributed by atoms with van der Waals surface area (Å²) in [6, 6.07) is 21.1. The van der Waals surface area contributed by atoms with Crippen molar-refractivity contribution < 1.29 is 24.2 Å². The number of carboxylic acid groups (broad SMARTS) is 1. The number of benzene rings is 3. The van der Waals surface area contributed by atoms with Crippen LogP contribution in [0.5, 0.6) is 5.75 Å². The number of rotatable bonds is 6. The van der Waals surface area contributed by atoms with Crippen LogP contribution in [-0.2, 0) is 9.59 Å². The second kappa shape index (κ2) is 8.66. The molecule has 3 N–H and O–H groups in total. The maximum absolute atomic E-state index is 13.0. The summed E-state index contributed by atoms with van der Waals surface area (Å²) in [4.78, 5) is 38.4. The van der Waals surface area contributed by atoms with Gasteiger partial charge in [-0.25, -0.2) is 4.79 Å². The van der Waals surface area contributed by atoms with Crippen molar-refractivity contribution in [1.82, 2.24) is 0 Å². The van der Waals surface area contributed by atoms with Crippen molar-refractivity contribution in [2.75, 3.05) is 22.1 Å². The first kappa shape index (κ1) is 21.9. The number of fused-ring (bicyclic) bond motifs is 1. The van der Waals surface area contributed by atoms with Crippen LogP contribution < -0.4 is 20.3 Å². The van der Waals surface area contributed by atoms with Crippen LogP contribution in [0.3, 0.4) is 0 Å². The number of carboxylic acids is 1. The molecule has 2 amide bonds. The van der Waals surface area contributed by atoms with Gasteiger partial charge in [0, 0.05) is 17.1 Å². The monoisotopic (exact) mass is 445 g/mol. The molecule has 0 fully saturated rings. The normalized spacial score (nSPS) is 14.1. The number of anilines is 4. The molecule has 0 bridgehead atoms. The van der Waals surface area contributed by atoms with Crippen LogP contribution in [0.25, 0.3) is 0 Å². The summed E-state index contributed by atoms with van der Waals surface area (Å²) in [5.74, 6) is -1.65. The molecule has 0 unspecified atom stereocenters. The van der Waals surface area contributed by atoms with Gasteiger partial charge in [0.15, 0.2) is 5.60 Å². The standard InChI is InChI=1S/C25H23N3O5/c1-25(2)24(32)28(20-14-16(23(30)31)8-13-21(20)33-25)15-22(29)27-19-11-9-18(10-12-19)26-17-6-4-3-5-7-17/h3-14,26H,15H2,1-2H3,(H,27,29)(H,30,31). The quantitative estimate of drug-likeness (QED) is 0.523. The summed E-state index contributed by atoms with van der Waals surface area (Å²) in [5.41, 5.74) is 1.43. The van der Waals surface area contributed by atoms with E-state index in [-0.39, 0.29) is 17.8 Å². The minimum absolute atomic E-state index is 0.00299. The van der Waals surface area contributed by atoms with Gasteiger partial charge in [-0.2, -0.15) is 0 Å². The fourth-order valence-corrected chi connectivity index (χ4v) is 3.53. The number of amides is 2. The number of aromatic carboxylic acids is 1. The van der Waals surface area contributed by atoms with Gasteiger partial charge in [0.2, 0.25) is 5.91 Å². The van der Waals surface area contributed by atoms with Crippen molar-refractivity contribution in [2.24, 2.45) is 0 Å². The predicted molar refractivity (Wildman–Crippen MR) is 125 cm³/mol. The minimum atomic E-state index is -1.19. The molecule has 0 saturated heterocycles. The molecule has 3 aromatic carbocycles. The Morgan fingerprint density at radius 2 is 1.58 bits per heavy atom. The van der Waals surface area contributed by atoms with E-state index in [0.29, 0.717) is 11.4 Å². The summed E-state index contributed by atoms with van der Waals surface area (Å²) < 4.78 is 5.74. The van der Waals surface area contributed by atoms with Gasteiger partial charge in [-0.15, -0.1) is 0 Å². The lowest BCUT2D eigenvalue weighted by molar-refractivity contribution is -0.133. The van der Waals surface area contributed by atoms with Crippen molar-refractivity contribution in [3.05, 3.63) is 78.4 Å². The van der Waals surface area contributed by atoms with Gasteiger partial charge >= 0.3 is 5.97 Å². The van der Waals surface area contributed by atoms with Crippen LogP contribution in [0.15, 0.2) is 72.8 Å². The highest BCUT2D eigenvalue weighted by Crippen LogP contribution is 2.38. The number of hydrogen-bond acceptors (Lipinski definition) is 5. The third-order valence-electron chi connectivity index (χ3n) is 5.15. The predicted octanol–water partition coefficient (Wildman–Crippen LogP) is 4.27. The third kappa shape index (κ3) is 4.79. The van der Waals surface area contributed by atoms with Crippen molar-refractivity contribution in [2.45, 2.75) is 19.4 Å². The molecule has 168 valence electrons. The Balaban J connectivity index is 1.49. The fraction of sp³-hybridized carbons (Fsp3) is 0.160. The number of nitrogens with one attached hydrogen (secondary N) is 2. The highest BCUT2D eigenvalue weighted by atomic mass is 16.5. The molecule has 0 radical (unpaired) electrons. The first-order valence-electron chi connectivity index (χ1n) is 10.3. The van der Waals surface area contributed by atoms with E-state index >= 15 is 0 Å². The lowest BCUT2D eigenvalue weighted by Gasteiger charge is -2.38. The van der Waals surface area contributed by atoms with Crippen LogP contribution in [0.4, 0.5) is 22.7 Å². The SMILES string of the molecule is CC1(C)Oc2ccc(C(=O)O)cc2N(CC(=O)Nc2ccc(Nc3ccccc3)cc2)C1=O. The zero-order chi connectivity index (χ0) is 23.6. The number of carbonyl (C=O) groups is 3. The first-order chi connectivity index (χ1) is 15.7. The van der Waals surface area contributed by atoms with Crippen molar-refractivity contribution in [3.8, 4) is 5.75 Å². The van der Waals surface area contributed by atoms with Crippen LogP contribution in [0, 0.1) is 0 Å². The summed E-state index contributed by atoms with van der Waals surface area (Å²) >= 11 is 0. The molecular formula is C25H23N3O5. The van der Waals surface area contributed by atoms with E-state index < -0.39 is 23.4 Å². The van der Waals surface area contributed by atoms with E-state index in [0.717, 1.165) is 11.4 Å². The average Bonchev–Trinajstić information content (AvgIpc) is 2.78. The van der Waals surface area contributed by atoms with E-state index in [1.165, 1.54) is 23.1 Å². The smallest absolute Gasteiger partial charge is 0.335 e. The Kier molecular flexibility index (Phi) is 5.74. The molecule has 33 heavy (non-hydrogen) atoms. The molecule has 1 aliphatic rings. The van der Waals surface area contributed by atoms with E-state index in [9.17, 15) is 19.5 Å². The maximum Gasteiger partial charge on any atom is 0.335 e. The maximum atomic E-state index is 13.0. The highest BCUT2D eigenvalue weighted by Gasteiger charge is 2.41. The third-order valence-corrected chi connectivity index (χ3v) is 5.15. The largest absolute Gasteiger partial charge is 0.478 e. The average molecular weight is 445 g/mol. The lowest BCUT2D eigenvalue weighted by atomic mass is 10.0. The van der Waals surface area contributed by atoms with Crippen LogP contribution >= 0.6 is 0 Å². The minimum Gasteiger partial charge on any atom is -0.478 e. The number of hydrogen-bond donors (Lipinski definition) is 3. The Labute approximate surface area is 190 Å². The van der Waals surface area contributed by atoms with Crippen LogP contribution in [0.1, 0.15) is 24.2 Å². The van der Waals surface area contributed by atoms with Crippen LogP contribution in [-0.4, -0.2) is 35.0 Å². The number of carbonyl (C=O) groups excluding carboxylic acids is 2. The summed E-state index contributed by atoms with van der Waals surface area (Å²) in [6.07, 6.45) is 0. The summed E-state index contributed by atoms with van der Waals surface area (Å²) in [5, 5.41) is 15.3. The second-order valence-electron chi connectivity index (χ2n) is 8.11. The van der Waals surface area contributed by atoms with Gasteiger partial charge in [-0.3, -0.25) is 14.5 Å². The molecule has 0 saturated carbocycles. The van der Waals surface area contributed by atoms with Crippen molar-refractivity contribution >= 4 is 40.5 Å². The number of nitrogens with zero attached hydrogens (tertiary/aromatic N) is 1. The topological polar surface area (TPSA) is 108 Å². The van der Waals surface area contributed by atoms with E-state index in [1.54, 1.807) is 26.0 Å². The van der Waals surface area contributed by atoms with Crippen molar-refractivity contribution in [3.63, 3.8) is 0 Å².